The Morgan fingerprint density at radius 3 is 2.85 bits per heavy atom. The van der Waals surface area contributed by atoms with Gasteiger partial charge in [0, 0.05) is 18.9 Å². The van der Waals surface area contributed by atoms with Gasteiger partial charge in [0.1, 0.15) is 12.1 Å². The SMILES string of the molecule is CCCCC(C(=O)N1CCC[C@H]1C(=O)Nc1ncc[nH]1)C(O)C(=O)NO. The normalized spacial score (nSPS) is 19.0. The number of carbonyl (C=O) groups is 3. The lowest BCUT2D eigenvalue weighted by atomic mass is 9.93. The Hall–Kier alpha value is -2.46. The van der Waals surface area contributed by atoms with E-state index in [1.807, 2.05) is 6.92 Å². The Bertz CT molecular complexity index is 621. The summed E-state index contributed by atoms with van der Waals surface area (Å²) in [4.78, 5) is 45.1. The minimum atomic E-state index is -1.67. The smallest absolute Gasteiger partial charge is 0.272 e. The lowest BCUT2D eigenvalue weighted by molar-refractivity contribution is -0.152. The van der Waals surface area contributed by atoms with Gasteiger partial charge in [-0.2, -0.15) is 0 Å². The van der Waals surface area contributed by atoms with Crippen LogP contribution in [0.15, 0.2) is 12.4 Å². The van der Waals surface area contributed by atoms with Crippen LogP contribution in [0, 0.1) is 5.92 Å². The van der Waals surface area contributed by atoms with Crippen molar-refractivity contribution in [3.63, 3.8) is 0 Å². The van der Waals surface area contributed by atoms with Crippen molar-refractivity contribution in [2.24, 2.45) is 5.92 Å². The molecule has 1 aromatic heterocycles. The fourth-order valence-corrected chi connectivity index (χ4v) is 3.14. The molecule has 0 spiro atoms. The number of nitrogens with one attached hydrogen (secondary N) is 3. The van der Waals surface area contributed by atoms with Gasteiger partial charge in [-0.15, -0.1) is 0 Å². The standard InChI is InChI=1S/C16H25N5O5/c1-2-3-5-10(12(22)14(24)20-26)15(25)21-9-4-6-11(21)13(23)19-16-17-7-8-18-16/h7-8,10-12,22,26H,2-6,9H2,1H3,(H,20,24)(H2,17,18,19,23)/t10?,11-,12?/m0/s1. The van der Waals surface area contributed by atoms with E-state index < -0.39 is 29.9 Å². The second-order valence-corrected chi connectivity index (χ2v) is 6.29. The van der Waals surface area contributed by atoms with Gasteiger partial charge < -0.3 is 15.0 Å². The first-order valence-electron chi connectivity index (χ1n) is 8.72. The maximum Gasteiger partial charge on any atom is 0.272 e. The van der Waals surface area contributed by atoms with Crippen molar-refractivity contribution in [2.75, 3.05) is 11.9 Å². The van der Waals surface area contributed by atoms with Gasteiger partial charge in [-0.05, 0) is 19.3 Å². The van der Waals surface area contributed by atoms with E-state index in [1.165, 1.54) is 16.6 Å². The topological polar surface area (TPSA) is 148 Å². The number of aliphatic hydroxyl groups excluding tert-OH is 1. The number of rotatable bonds is 8. The maximum absolute atomic E-state index is 12.9. The van der Waals surface area contributed by atoms with E-state index in [1.54, 1.807) is 6.20 Å². The zero-order valence-electron chi connectivity index (χ0n) is 14.6. The fourth-order valence-electron chi connectivity index (χ4n) is 3.14. The molecule has 1 aliphatic heterocycles. The number of amides is 3. The summed E-state index contributed by atoms with van der Waals surface area (Å²) in [5, 5.41) is 21.5. The van der Waals surface area contributed by atoms with Crippen molar-refractivity contribution >= 4 is 23.7 Å². The van der Waals surface area contributed by atoms with Crippen molar-refractivity contribution in [1.82, 2.24) is 20.3 Å². The Kier molecular flexibility index (Phi) is 7.10. The van der Waals surface area contributed by atoms with E-state index in [0.29, 0.717) is 25.8 Å². The number of imidazole rings is 1. The highest BCUT2D eigenvalue weighted by Crippen LogP contribution is 2.25. The number of likely N-dealkylation sites (tertiary alicyclic amines) is 1. The molecule has 1 saturated heterocycles. The molecule has 144 valence electrons. The van der Waals surface area contributed by atoms with E-state index in [9.17, 15) is 19.5 Å². The molecule has 0 saturated carbocycles. The monoisotopic (exact) mass is 367 g/mol. The van der Waals surface area contributed by atoms with E-state index in [-0.39, 0.29) is 18.3 Å². The van der Waals surface area contributed by atoms with Crippen LogP contribution >= 0.6 is 0 Å². The first-order valence-corrected chi connectivity index (χ1v) is 8.72. The highest BCUT2D eigenvalue weighted by atomic mass is 16.5. The number of carbonyl (C=O) groups excluding carboxylic acids is 3. The second kappa shape index (κ2) is 9.30. The molecule has 3 atom stereocenters. The zero-order valence-corrected chi connectivity index (χ0v) is 14.6. The van der Waals surface area contributed by atoms with Gasteiger partial charge in [0.25, 0.3) is 5.91 Å². The Morgan fingerprint density at radius 1 is 1.46 bits per heavy atom. The first kappa shape index (κ1) is 19.9. The third-order valence-corrected chi connectivity index (χ3v) is 4.52. The molecule has 10 nitrogen and oxygen atoms in total. The average Bonchev–Trinajstić information content (AvgIpc) is 3.32. The van der Waals surface area contributed by atoms with E-state index in [2.05, 4.69) is 15.3 Å². The summed E-state index contributed by atoms with van der Waals surface area (Å²) >= 11 is 0. The Balaban J connectivity index is 2.11. The molecule has 1 aromatic rings. The van der Waals surface area contributed by atoms with Gasteiger partial charge in [-0.3, -0.25) is 24.9 Å². The number of aromatic amines is 1. The van der Waals surface area contributed by atoms with E-state index in [0.717, 1.165) is 6.42 Å². The maximum atomic E-state index is 12.9. The number of anilines is 1. The van der Waals surface area contributed by atoms with Crippen molar-refractivity contribution in [3.05, 3.63) is 12.4 Å². The van der Waals surface area contributed by atoms with Gasteiger partial charge in [-0.1, -0.05) is 19.8 Å². The van der Waals surface area contributed by atoms with Crippen molar-refractivity contribution in [3.8, 4) is 0 Å². The van der Waals surface area contributed by atoms with Crippen LogP contribution in [-0.4, -0.2) is 61.6 Å². The summed E-state index contributed by atoms with van der Waals surface area (Å²) in [7, 11) is 0. The van der Waals surface area contributed by atoms with E-state index in [4.69, 9.17) is 5.21 Å². The number of hydroxylamine groups is 1. The molecule has 0 aliphatic carbocycles. The summed E-state index contributed by atoms with van der Waals surface area (Å²) in [6, 6.07) is -0.693. The number of nitrogens with zero attached hydrogens (tertiary/aromatic N) is 2. The second-order valence-electron chi connectivity index (χ2n) is 6.29. The van der Waals surface area contributed by atoms with Gasteiger partial charge in [0.2, 0.25) is 17.8 Å². The van der Waals surface area contributed by atoms with Crippen LogP contribution in [0.5, 0.6) is 0 Å². The molecule has 10 heteroatoms. The first-order chi connectivity index (χ1) is 12.5. The molecular weight excluding hydrogens is 342 g/mol. The number of H-pyrrole nitrogens is 1. The summed E-state index contributed by atoms with van der Waals surface area (Å²) in [5.41, 5.74) is 1.38. The lowest BCUT2D eigenvalue weighted by Gasteiger charge is -2.29. The molecule has 1 fully saturated rings. The van der Waals surface area contributed by atoms with Gasteiger partial charge in [0.15, 0.2) is 0 Å². The number of hydrogen-bond donors (Lipinski definition) is 5. The molecule has 2 rings (SSSR count). The van der Waals surface area contributed by atoms with Crippen LogP contribution in [0.3, 0.4) is 0 Å². The number of aliphatic hydroxyl groups is 1. The highest BCUT2D eigenvalue weighted by molar-refractivity contribution is 5.97. The zero-order chi connectivity index (χ0) is 19.1. The number of aromatic nitrogens is 2. The summed E-state index contributed by atoms with van der Waals surface area (Å²) in [6.07, 6.45) is 4.21. The molecule has 2 unspecified atom stereocenters. The average molecular weight is 367 g/mol. The number of unbranched alkanes of at least 4 members (excludes halogenated alkanes) is 1. The Labute approximate surface area is 150 Å². The van der Waals surface area contributed by atoms with Crippen LogP contribution in [0.1, 0.15) is 39.0 Å². The summed E-state index contributed by atoms with van der Waals surface area (Å²) < 4.78 is 0. The predicted octanol–water partition coefficient (Wildman–Crippen LogP) is 0.0119. The highest BCUT2D eigenvalue weighted by Gasteiger charge is 2.41. The van der Waals surface area contributed by atoms with Crippen molar-refractivity contribution in [2.45, 2.75) is 51.2 Å². The predicted molar refractivity (Wildman–Crippen MR) is 90.9 cm³/mol. The minimum Gasteiger partial charge on any atom is -0.382 e. The Morgan fingerprint density at radius 2 is 2.23 bits per heavy atom. The van der Waals surface area contributed by atoms with Crippen LogP contribution in [-0.2, 0) is 14.4 Å². The third-order valence-electron chi connectivity index (χ3n) is 4.52. The molecule has 26 heavy (non-hydrogen) atoms. The van der Waals surface area contributed by atoms with Crippen molar-refractivity contribution < 1.29 is 24.7 Å². The molecule has 0 radical (unpaired) electrons. The van der Waals surface area contributed by atoms with Gasteiger partial charge in [0.05, 0.1) is 5.92 Å². The molecule has 0 bridgehead atoms. The molecule has 0 aromatic carbocycles. The molecular formula is C16H25N5O5. The quantitative estimate of drug-likeness (QED) is 0.323. The van der Waals surface area contributed by atoms with Crippen LogP contribution in [0.2, 0.25) is 0 Å². The van der Waals surface area contributed by atoms with Crippen LogP contribution < -0.4 is 10.8 Å². The van der Waals surface area contributed by atoms with E-state index >= 15 is 0 Å². The van der Waals surface area contributed by atoms with Crippen molar-refractivity contribution in [1.29, 1.82) is 0 Å². The summed E-state index contributed by atoms with van der Waals surface area (Å²) in [6.45, 7) is 2.29. The van der Waals surface area contributed by atoms with Crippen LogP contribution in [0.4, 0.5) is 5.95 Å². The van der Waals surface area contributed by atoms with Gasteiger partial charge in [-0.25, -0.2) is 10.5 Å². The largest absolute Gasteiger partial charge is 0.382 e. The number of hydrogen-bond acceptors (Lipinski definition) is 6. The molecule has 2 heterocycles. The molecule has 5 N–H and O–H groups in total. The third kappa shape index (κ3) is 4.58. The fraction of sp³-hybridized carbons (Fsp3) is 0.625. The lowest BCUT2D eigenvalue weighted by Crippen LogP contribution is -2.50. The summed E-state index contributed by atoms with van der Waals surface area (Å²) in [5.74, 6) is -2.60. The molecule has 3 amide bonds. The van der Waals surface area contributed by atoms with Gasteiger partial charge >= 0.3 is 0 Å². The minimum absolute atomic E-state index is 0.285. The molecule has 1 aliphatic rings. The van der Waals surface area contributed by atoms with Crippen LogP contribution in [0.25, 0.3) is 0 Å².